The molecule has 0 spiro atoms. The highest BCUT2D eigenvalue weighted by atomic mass is 16.5. The first-order valence-corrected chi connectivity index (χ1v) is 8.88. The molecule has 1 N–H and O–H groups in total. The van der Waals surface area contributed by atoms with E-state index in [1.807, 2.05) is 62.4 Å². The summed E-state index contributed by atoms with van der Waals surface area (Å²) in [5, 5.41) is 2.73. The Balaban J connectivity index is 1.57. The van der Waals surface area contributed by atoms with Gasteiger partial charge in [-0.05, 0) is 67.4 Å². The largest absolute Gasteiger partial charge is 0.457 e. The third-order valence-corrected chi connectivity index (χ3v) is 3.89. The quantitative estimate of drug-likeness (QED) is 0.623. The zero-order valence-corrected chi connectivity index (χ0v) is 15.8. The van der Waals surface area contributed by atoms with Crippen LogP contribution < -0.4 is 10.1 Å². The molecule has 0 heterocycles. The van der Waals surface area contributed by atoms with Gasteiger partial charge < -0.3 is 14.8 Å². The third-order valence-electron chi connectivity index (χ3n) is 3.89. The van der Waals surface area contributed by atoms with E-state index in [0.717, 1.165) is 11.1 Å². The summed E-state index contributed by atoms with van der Waals surface area (Å²) in [5.74, 6) is 0.199. The average Bonchev–Trinajstić information content (AvgIpc) is 2.66. The predicted molar refractivity (Wildman–Crippen MR) is 108 cm³/mol. The lowest BCUT2D eigenvalue weighted by Crippen LogP contribution is -2.21. The summed E-state index contributed by atoms with van der Waals surface area (Å²) in [6, 6.07) is 21.6. The van der Waals surface area contributed by atoms with Crippen molar-refractivity contribution in [2.24, 2.45) is 0 Å². The second kappa shape index (κ2) is 8.86. The zero-order chi connectivity index (χ0) is 19.9. The van der Waals surface area contributed by atoms with Crippen LogP contribution in [0, 0.1) is 13.8 Å². The molecule has 0 atom stereocenters. The number of hydrogen-bond donors (Lipinski definition) is 1. The van der Waals surface area contributed by atoms with Crippen molar-refractivity contribution in [1.82, 2.24) is 0 Å². The Kier molecular flexibility index (Phi) is 6.07. The number of esters is 1. The van der Waals surface area contributed by atoms with Crippen molar-refractivity contribution in [3.8, 4) is 11.5 Å². The van der Waals surface area contributed by atoms with Gasteiger partial charge in [0.25, 0.3) is 5.91 Å². The van der Waals surface area contributed by atoms with Crippen molar-refractivity contribution < 1.29 is 19.1 Å². The van der Waals surface area contributed by atoms with E-state index in [9.17, 15) is 9.59 Å². The lowest BCUT2D eigenvalue weighted by atomic mass is 10.1. The Labute approximate surface area is 163 Å². The Morgan fingerprint density at radius 3 is 2.21 bits per heavy atom. The Morgan fingerprint density at radius 1 is 0.821 bits per heavy atom. The van der Waals surface area contributed by atoms with Crippen LogP contribution in [0.2, 0.25) is 0 Å². The highest BCUT2D eigenvalue weighted by Crippen LogP contribution is 2.22. The van der Waals surface area contributed by atoms with Crippen LogP contribution in [0.25, 0.3) is 0 Å². The molecule has 0 aliphatic rings. The van der Waals surface area contributed by atoms with Crippen LogP contribution in [0.1, 0.15) is 21.5 Å². The summed E-state index contributed by atoms with van der Waals surface area (Å²) in [4.78, 5) is 24.3. The molecular formula is C23H21NO4. The molecule has 0 saturated carbocycles. The number of nitrogens with one attached hydrogen (secondary N) is 1. The number of rotatable bonds is 6. The first-order chi connectivity index (χ1) is 13.5. The molecule has 28 heavy (non-hydrogen) atoms. The number of anilines is 1. The van der Waals surface area contributed by atoms with E-state index in [1.54, 1.807) is 24.3 Å². The highest BCUT2D eigenvalue weighted by Gasteiger charge is 2.12. The third kappa shape index (κ3) is 5.45. The summed E-state index contributed by atoms with van der Waals surface area (Å²) in [7, 11) is 0. The monoisotopic (exact) mass is 375 g/mol. The van der Waals surface area contributed by atoms with Crippen LogP contribution >= 0.6 is 0 Å². The predicted octanol–water partition coefficient (Wildman–Crippen LogP) is 4.89. The number of benzene rings is 3. The molecule has 0 aliphatic heterocycles. The van der Waals surface area contributed by atoms with Gasteiger partial charge in [-0.25, -0.2) is 4.79 Å². The molecule has 0 fully saturated rings. The minimum Gasteiger partial charge on any atom is -0.457 e. The molecule has 3 aromatic rings. The van der Waals surface area contributed by atoms with E-state index < -0.39 is 11.9 Å². The summed E-state index contributed by atoms with van der Waals surface area (Å²) in [6.07, 6.45) is 0. The molecule has 0 aromatic heterocycles. The van der Waals surface area contributed by atoms with Gasteiger partial charge in [-0.1, -0.05) is 30.3 Å². The molecule has 5 nitrogen and oxygen atoms in total. The van der Waals surface area contributed by atoms with Gasteiger partial charge in [0, 0.05) is 5.69 Å². The maximum atomic E-state index is 12.3. The Hall–Kier alpha value is -3.60. The fourth-order valence-electron chi connectivity index (χ4n) is 2.77. The molecule has 1 amide bonds. The molecule has 0 saturated heterocycles. The Bertz CT molecular complexity index is 963. The first-order valence-electron chi connectivity index (χ1n) is 8.88. The smallest absolute Gasteiger partial charge is 0.338 e. The number of hydrogen-bond acceptors (Lipinski definition) is 4. The standard InChI is InChI=1S/C23H21NO4/c1-16-11-17(2)13-19(12-16)24-22(25)15-27-23(26)18-7-6-10-21(14-18)28-20-8-4-3-5-9-20/h3-14H,15H2,1-2H3,(H,24,25). The van der Waals surface area contributed by atoms with E-state index in [0.29, 0.717) is 22.7 Å². The summed E-state index contributed by atoms with van der Waals surface area (Å²) >= 11 is 0. The second-order valence-electron chi connectivity index (χ2n) is 6.44. The van der Waals surface area contributed by atoms with Crippen LogP contribution in [-0.2, 0) is 9.53 Å². The van der Waals surface area contributed by atoms with Crippen molar-refractivity contribution in [1.29, 1.82) is 0 Å². The zero-order valence-electron chi connectivity index (χ0n) is 15.8. The molecule has 5 heteroatoms. The van der Waals surface area contributed by atoms with Gasteiger partial charge in [0.05, 0.1) is 5.56 Å². The average molecular weight is 375 g/mol. The van der Waals surface area contributed by atoms with Crippen LogP contribution in [0.3, 0.4) is 0 Å². The van der Waals surface area contributed by atoms with E-state index in [4.69, 9.17) is 9.47 Å². The maximum Gasteiger partial charge on any atom is 0.338 e. The van der Waals surface area contributed by atoms with Crippen LogP contribution in [0.15, 0.2) is 72.8 Å². The summed E-state index contributed by atoms with van der Waals surface area (Å²) in [5.41, 5.74) is 3.08. The number of para-hydroxylation sites is 1. The molecule has 3 rings (SSSR count). The van der Waals surface area contributed by atoms with Gasteiger partial charge in [0.1, 0.15) is 11.5 Å². The van der Waals surface area contributed by atoms with E-state index in [-0.39, 0.29) is 6.61 Å². The van der Waals surface area contributed by atoms with Crippen LogP contribution in [0.5, 0.6) is 11.5 Å². The molecule has 0 unspecified atom stereocenters. The van der Waals surface area contributed by atoms with Gasteiger partial charge in [0.15, 0.2) is 6.61 Å². The van der Waals surface area contributed by atoms with Gasteiger partial charge in [-0.3, -0.25) is 4.79 Å². The minimum atomic E-state index is -0.589. The van der Waals surface area contributed by atoms with Crippen molar-refractivity contribution in [2.75, 3.05) is 11.9 Å². The van der Waals surface area contributed by atoms with Crippen molar-refractivity contribution in [3.05, 3.63) is 89.5 Å². The molecule has 142 valence electrons. The van der Waals surface area contributed by atoms with Crippen LogP contribution in [0.4, 0.5) is 5.69 Å². The number of aryl methyl sites for hydroxylation is 2. The van der Waals surface area contributed by atoms with E-state index in [2.05, 4.69) is 5.32 Å². The van der Waals surface area contributed by atoms with E-state index >= 15 is 0 Å². The molecule has 0 radical (unpaired) electrons. The summed E-state index contributed by atoms with van der Waals surface area (Å²) < 4.78 is 10.8. The number of carbonyl (C=O) groups is 2. The van der Waals surface area contributed by atoms with Crippen molar-refractivity contribution in [2.45, 2.75) is 13.8 Å². The number of ether oxygens (including phenoxy) is 2. The number of amides is 1. The van der Waals surface area contributed by atoms with Crippen molar-refractivity contribution >= 4 is 17.6 Å². The fraction of sp³-hybridized carbons (Fsp3) is 0.130. The van der Waals surface area contributed by atoms with E-state index in [1.165, 1.54) is 0 Å². The van der Waals surface area contributed by atoms with Gasteiger partial charge in [-0.2, -0.15) is 0 Å². The lowest BCUT2D eigenvalue weighted by molar-refractivity contribution is -0.119. The van der Waals surface area contributed by atoms with Gasteiger partial charge in [-0.15, -0.1) is 0 Å². The fourth-order valence-corrected chi connectivity index (χ4v) is 2.77. The highest BCUT2D eigenvalue weighted by molar-refractivity contribution is 5.95. The first kappa shape index (κ1) is 19.2. The number of carbonyl (C=O) groups excluding carboxylic acids is 2. The topological polar surface area (TPSA) is 64.6 Å². The van der Waals surface area contributed by atoms with Crippen LogP contribution in [-0.4, -0.2) is 18.5 Å². The molecule has 0 aliphatic carbocycles. The summed E-state index contributed by atoms with van der Waals surface area (Å²) in [6.45, 7) is 3.54. The normalized spacial score (nSPS) is 10.2. The van der Waals surface area contributed by atoms with Crippen molar-refractivity contribution in [3.63, 3.8) is 0 Å². The van der Waals surface area contributed by atoms with Gasteiger partial charge in [0.2, 0.25) is 0 Å². The second-order valence-corrected chi connectivity index (χ2v) is 6.44. The molecule has 3 aromatic carbocycles. The molecule has 0 bridgehead atoms. The minimum absolute atomic E-state index is 0.313. The SMILES string of the molecule is Cc1cc(C)cc(NC(=O)COC(=O)c2cccc(Oc3ccccc3)c2)c1. The maximum absolute atomic E-state index is 12.3. The molecular weight excluding hydrogens is 354 g/mol. The lowest BCUT2D eigenvalue weighted by Gasteiger charge is -2.09. The Morgan fingerprint density at radius 2 is 1.50 bits per heavy atom. The van der Waals surface area contributed by atoms with Gasteiger partial charge >= 0.3 is 5.97 Å².